The highest BCUT2D eigenvalue weighted by Gasteiger charge is 2.27. The van der Waals surface area contributed by atoms with Crippen molar-refractivity contribution < 1.29 is 0 Å². The molecule has 8 aromatic carbocycles. The van der Waals surface area contributed by atoms with Gasteiger partial charge in [-0.2, -0.15) is 0 Å². The lowest BCUT2D eigenvalue weighted by Gasteiger charge is -2.21. The third-order valence-electron chi connectivity index (χ3n) is 11.0. The first-order valence-corrected chi connectivity index (χ1v) is 19.3. The van der Waals surface area contributed by atoms with Gasteiger partial charge in [-0.1, -0.05) is 139 Å². The molecule has 0 saturated heterocycles. The maximum absolute atomic E-state index is 5.18. The Balaban J connectivity index is 1.08. The fraction of sp³-hybridized carbons (Fsp3) is 0. The summed E-state index contributed by atoms with van der Waals surface area (Å²) in [6.45, 7) is 0. The summed E-state index contributed by atoms with van der Waals surface area (Å²) in [5.74, 6) is 1.94. The van der Waals surface area contributed by atoms with E-state index >= 15 is 0 Å². The molecule has 0 saturated carbocycles. The van der Waals surface area contributed by atoms with Crippen molar-refractivity contribution in [3.05, 3.63) is 176 Å². The Morgan fingerprint density at radius 2 is 0.945 bits per heavy atom. The van der Waals surface area contributed by atoms with Crippen LogP contribution >= 0.6 is 11.8 Å². The van der Waals surface area contributed by atoms with Crippen LogP contribution in [-0.4, -0.2) is 24.1 Å². The molecule has 11 aromatic rings. The summed E-state index contributed by atoms with van der Waals surface area (Å²) in [6, 6.07) is 62.4. The van der Waals surface area contributed by atoms with E-state index in [2.05, 4.69) is 185 Å². The molecule has 1 aliphatic heterocycles. The van der Waals surface area contributed by atoms with Gasteiger partial charge in [0, 0.05) is 48.3 Å². The number of nitrogens with zero attached hydrogens (tertiary/aromatic N) is 5. The molecule has 0 bridgehead atoms. The molecule has 0 fully saturated rings. The molecule has 55 heavy (non-hydrogen) atoms. The fourth-order valence-corrected chi connectivity index (χ4v) is 9.63. The van der Waals surface area contributed by atoms with E-state index in [0.717, 1.165) is 43.9 Å². The summed E-state index contributed by atoms with van der Waals surface area (Å²) in [4.78, 5) is 18.1. The molecular weight excluding hydrogens is 691 g/mol. The standard InChI is InChI=1S/C49H29N5S/c1-3-16-34-30(12-1)14-9-19-36(34)47-50-46(51-48(52-47)37-20-10-15-31-13-2-4-17-35(31)37)32-26-28-33(29-27-32)53-40-22-6-5-18-38(40)44-39-21-11-25-43-45(39)54(49(44)53)41-23-7-8-24-42(41)55-43/h1-29H. The van der Waals surface area contributed by atoms with Gasteiger partial charge >= 0.3 is 0 Å². The molecule has 0 aliphatic carbocycles. The van der Waals surface area contributed by atoms with Crippen LogP contribution in [0.4, 0.5) is 0 Å². The number of benzene rings is 8. The summed E-state index contributed by atoms with van der Waals surface area (Å²) < 4.78 is 4.89. The van der Waals surface area contributed by atoms with Crippen LogP contribution in [0, 0.1) is 0 Å². The Bertz CT molecular complexity index is 3250. The molecule has 0 amide bonds. The van der Waals surface area contributed by atoms with Gasteiger partial charge in [0.05, 0.1) is 16.7 Å². The quantitative estimate of drug-likeness (QED) is 0.182. The molecule has 6 heteroatoms. The van der Waals surface area contributed by atoms with Gasteiger partial charge in [0.1, 0.15) is 5.65 Å². The average molecular weight is 720 g/mol. The minimum absolute atomic E-state index is 0.633. The highest BCUT2D eigenvalue weighted by atomic mass is 32.2. The third-order valence-corrected chi connectivity index (χ3v) is 12.1. The summed E-state index contributed by atoms with van der Waals surface area (Å²) in [5.41, 5.74) is 8.76. The molecule has 0 radical (unpaired) electrons. The first-order valence-electron chi connectivity index (χ1n) is 18.5. The van der Waals surface area contributed by atoms with Crippen molar-refractivity contribution in [1.29, 1.82) is 0 Å². The van der Waals surface area contributed by atoms with Gasteiger partial charge in [-0.05, 0) is 70.1 Å². The summed E-state index contributed by atoms with van der Waals surface area (Å²) in [7, 11) is 0. The number of hydrogen-bond acceptors (Lipinski definition) is 4. The topological polar surface area (TPSA) is 48.5 Å². The van der Waals surface area contributed by atoms with Gasteiger partial charge in [0.2, 0.25) is 0 Å². The van der Waals surface area contributed by atoms with E-state index in [1.165, 1.54) is 48.3 Å². The predicted molar refractivity (Wildman–Crippen MR) is 226 cm³/mol. The van der Waals surface area contributed by atoms with Gasteiger partial charge in [0.25, 0.3) is 0 Å². The van der Waals surface area contributed by atoms with E-state index in [1.807, 2.05) is 11.8 Å². The first-order chi connectivity index (χ1) is 27.3. The normalized spacial score (nSPS) is 12.3. The van der Waals surface area contributed by atoms with Crippen LogP contribution in [0.2, 0.25) is 0 Å². The number of rotatable bonds is 4. The molecule has 12 rings (SSSR count). The van der Waals surface area contributed by atoms with Crippen molar-refractivity contribution in [3.63, 3.8) is 0 Å². The molecule has 3 aromatic heterocycles. The predicted octanol–water partition coefficient (Wildman–Crippen LogP) is 12.7. The molecule has 1 aliphatic rings. The van der Waals surface area contributed by atoms with Gasteiger partial charge < -0.3 is 0 Å². The van der Waals surface area contributed by atoms with E-state index in [1.54, 1.807) is 0 Å². The minimum atomic E-state index is 0.633. The Kier molecular flexibility index (Phi) is 6.50. The Labute approximate surface area is 320 Å². The maximum Gasteiger partial charge on any atom is 0.164 e. The molecule has 4 heterocycles. The lowest BCUT2D eigenvalue weighted by Crippen LogP contribution is -2.05. The van der Waals surface area contributed by atoms with Crippen LogP contribution in [-0.2, 0) is 0 Å². The average Bonchev–Trinajstić information content (AvgIpc) is 3.77. The van der Waals surface area contributed by atoms with Crippen molar-refractivity contribution in [2.45, 2.75) is 9.79 Å². The van der Waals surface area contributed by atoms with E-state index in [0.29, 0.717) is 17.5 Å². The second-order valence-electron chi connectivity index (χ2n) is 14.0. The zero-order valence-corrected chi connectivity index (χ0v) is 30.2. The number of para-hydroxylation sites is 3. The molecular formula is C49H29N5S. The van der Waals surface area contributed by atoms with Gasteiger partial charge in [0.15, 0.2) is 17.5 Å². The minimum Gasteiger partial charge on any atom is -0.295 e. The highest BCUT2D eigenvalue weighted by Crippen LogP contribution is 2.49. The lowest BCUT2D eigenvalue weighted by molar-refractivity contribution is 1.03. The van der Waals surface area contributed by atoms with Crippen molar-refractivity contribution >= 4 is 66.1 Å². The smallest absolute Gasteiger partial charge is 0.164 e. The molecule has 5 nitrogen and oxygen atoms in total. The van der Waals surface area contributed by atoms with Crippen LogP contribution < -0.4 is 0 Å². The zero-order chi connectivity index (χ0) is 36.0. The summed E-state index contributed by atoms with van der Waals surface area (Å²) in [5, 5.41) is 8.29. The Hall–Kier alpha value is -7.02. The zero-order valence-electron chi connectivity index (χ0n) is 29.4. The Morgan fingerprint density at radius 3 is 1.67 bits per heavy atom. The number of aromatic nitrogens is 5. The third kappa shape index (κ3) is 4.52. The van der Waals surface area contributed by atoms with Gasteiger partial charge in [-0.25, -0.2) is 15.0 Å². The molecule has 0 unspecified atom stereocenters. The molecule has 256 valence electrons. The van der Waals surface area contributed by atoms with E-state index in [-0.39, 0.29) is 0 Å². The maximum atomic E-state index is 5.18. The number of fused-ring (bicyclic) bond motifs is 9. The van der Waals surface area contributed by atoms with Crippen molar-refractivity contribution in [2.24, 2.45) is 0 Å². The molecule has 0 spiro atoms. The first kappa shape index (κ1) is 30.4. The largest absolute Gasteiger partial charge is 0.295 e. The second kappa shape index (κ2) is 11.7. The van der Waals surface area contributed by atoms with Crippen molar-refractivity contribution in [2.75, 3.05) is 0 Å². The van der Waals surface area contributed by atoms with Crippen LogP contribution in [0.25, 0.3) is 99.9 Å². The highest BCUT2D eigenvalue weighted by molar-refractivity contribution is 7.99. The van der Waals surface area contributed by atoms with E-state index in [4.69, 9.17) is 15.0 Å². The van der Waals surface area contributed by atoms with E-state index in [9.17, 15) is 0 Å². The van der Waals surface area contributed by atoms with E-state index < -0.39 is 0 Å². The Morgan fingerprint density at radius 1 is 0.400 bits per heavy atom. The van der Waals surface area contributed by atoms with Crippen LogP contribution in [0.5, 0.6) is 0 Å². The summed E-state index contributed by atoms with van der Waals surface area (Å²) in [6.07, 6.45) is 0. The lowest BCUT2D eigenvalue weighted by atomic mass is 10.0. The van der Waals surface area contributed by atoms with Crippen LogP contribution in [0.3, 0.4) is 0 Å². The number of hydrogen-bond donors (Lipinski definition) is 0. The van der Waals surface area contributed by atoms with Crippen LogP contribution in [0.15, 0.2) is 186 Å². The summed E-state index contributed by atoms with van der Waals surface area (Å²) >= 11 is 1.85. The van der Waals surface area contributed by atoms with Crippen molar-refractivity contribution in [3.8, 4) is 45.5 Å². The monoisotopic (exact) mass is 719 g/mol. The molecule has 0 atom stereocenters. The van der Waals surface area contributed by atoms with Gasteiger partial charge in [-0.15, -0.1) is 0 Å². The van der Waals surface area contributed by atoms with Crippen LogP contribution in [0.1, 0.15) is 0 Å². The van der Waals surface area contributed by atoms with Gasteiger partial charge in [-0.3, -0.25) is 9.13 Å². The molecule has 0 N–H and O–H groups in total. The van der Waals surface area contributed by atoms with Crippen molar-refractivity contribution in [1.82, 2.24) is 24.1 Å². The fourth-order valence-electron chi connectivity index (χ4n) is 8.54. The second-order valence-corrected chi connectivity index (χ2v) is 15.1. The SMILES string of the molecule is c1ccc2c(c1)Sc1cccc3c4c5ccccc5n(-c5ccc(-c6nc(-c7cccc8ccccc78)nc(-c7cccc8ccccc78)n6)cc5)c4n-2c13.